The molecule has 0 heterocycles. The predicted octanol–water partition coefficient (Wildman–Crippen LogP) is 5.35. The number of unbranched alkanes of at least 4 members (excludes halogenated alkanes) is 9. The van der Waals surface area contributed by atoms with E-state index in [9.17, 15) is 7.86 Å². The lowest BCUT2D eigenvalue weighted by molar-refractivity contribution is 0.0695. The van der Waals surface area contributed by atoms with E-state index in [1.54, 1.807) is 12.1 Å². The van der Waals surface area contributed by atoms with Gasteiger partial charge in [0, 0.05) is 0 Å². The summed E-state index contributed by atoms with van der Waals surface area (Å²) < 4.78 is 17.1. The fourth-order valence-corrected chi connectivity index (χ4v) is 3.56. The fourth-order valence-electron chi connectivity index (χ4n) is 2.60. The standard InChI is InChI=1S/C19H29IO4.H2O/c1-2-3-4-5-6-7-8-9-10-11-14-24-16-12-13-18(20-23)17(15-16)19(21)22;/h12-13,15H,2-11,14H2,1H3,(H,21,22);1H2. The van der Waals surface area contributed by atoms with Crippen LogP contribution in [-0.2, 0) is 3.07 Å². The maximum absolute atomic E-state index is 11.1. The maximum atomic E-state index is 11.1. The van der Waals surface area contributed by atoms with Gasteiger partial charge >= 0.3 is 5.97 Å². The number of ether oxygens (including phenoxy) is 1. The van der Waals surface area contributed by atoms with E-state index in [-0.39, 0.29) is 11.0 Å². The SMILES string of the molecule is CCCCCCCCCCCCOc1ccc(I=O)c(C(=O)O)c1.O. The first-order valence-corrected chi connectivity index (χ1v) is 10.9. The predicted molar refractivity (Wildman–Crippen MR) is 108 cm³/mol. The van der Waals surface area contributed by atoms with Crippen molar-refractivity contribution in [1.82, 2.24) is 0 Å². The van der Waals surface area contributed by atoms with Crippen molar-refractivity contribution in [3.05, 3.63) is 27.3 Å². The van der Waals surface area contributed by atoms with Gasteiger partial charge in [0.15, 0.2) is 21.2 Å². The number of hydrogen-bond acceptors (Lipinski definition) is 3. The molecule has 144 valence electrons. The zero-order chi connectivity index (χ0) is 17.6. The Labute approximate surface area is 161 Å². The van der Waals surface area contributed by atoms with Gasteiger partial charge in [0.2, 0.25) is 0 Å². The minimum atomic E-state index is -1.48. The van der Waals surface area contributed by atoms with Crippen LogP contribution in [0.15, 0.2) is 18.2 Å². The monoisotopic (exact) mass is 466 g/mol. The molecule has 0 bridgehead atoms. The molecule has 0 aromatic heterocycles. The average Bonchev–Trinajstić information content (AvgIpc) is 2.59. The summed E-state index contributed by atoms with van der Waals surface area (Å²) in [6.45, 7) is 2.84. The summed E-state index contributed by atoms with van der Waals surface area (Å²) in [5.74, 6) is -0.505. The van der Waals surface area contributed by atoms with Crippen molar-refractivity contribution in [1.29, 1.82) is 0 Å². The molecule has 0 aliphatic heterocycles. The summed E-state index contributed by atoms with van der Waals surface area (Å²) in [7, 11) is 0. The molecule has 5 nitrogen and oxygen atoms in total. The Morgan fingerprint density at radius 3 is 2.08 bits per heavy atom. The van der Waals surface area contributed by atoms with Gasteiger partial charge in [-0.3, -0.25) is 3.07 Å². The van der Waals surface area contributed by atoms with Gasteiger partial charge < -0.3 is 15.3 Å². The van der Waals surface area contributed by atoms with Crippen molar-refractivity contribution in [3.8, 4) is 5.75 Å². The molecule has 0 unspecified atom stereocenters. The quantitative estimate of drug-likeness (QED) is 0.296. The third kappa shape index (κ3) is 10.5. The van der Waals surface area contributed by atoms with E-state index in [1.807, 2.05) is 0 Å². The Balaban J connectivity index is 0.00000576. The van der Waals surface area contributed by atoms with E-state index < -0.39 is 27.2 Å². The van der Waals surface area contributed by atoms with Crippen LogP contribution in [0.25, 0.3) is 0 Å². The highest BCUT2D eigenvalue weighted by Gasteiger charge is 2.11. The fraction of sp³-hybridized carbons (Fsp3) is 0.632. The van der Waals surface area contributed by atoms with Crippen LogP contribution >= 0.6 is 21.2 Å². The molecule has 0 spiro atoms. The maximum Gasteiger partial charge on any atom is 0.337 e. The first-order valence-electron chi connectivity index (χ1n) is 8.96. The van der Waals surface area contributed by atoms with Crippen LogP contribution in [0.5, 0.6) is 5.75 Å². The number of rotatable bonds is 14. The number of benzene rings is 1. The minimum absolute atomic E-state index is 0. The van der Waals surface area contributed by atoms with Crippen molar-refractivity contribution in [3.63, 3.8) is 0 Å². The Morgan fingerprint density at radius 1 is 1.00 bits per heavy atom. The zero-order valence-corrected chi connectivity index (χ0v) is 17.2. The van der Waals surface area contributed by atoms with Crippen molar-refractivity contribution >= 4 is 27.2 Å². The number of halogens is 1. The summed E-state index contributed by atoms with van der Waals surface area (Å²) in [6.07, 6.45) is 12.7. The van der Waals surface area contributed by atoms with Gasteiger partial charge in [-0.05, 0) is 24.6 Å². The topological polar surface area (TPSA) is 95.1 Å². The first-order chi connectivity index (χ1) is 11.7. The Bertz CT molecular complexity index is 505. The molecule has 0 aliphatic rings. The Morgan fingerprint density at radius 2 is 1.56 bits per heavy atom. The molecule has 0 fully saturated rings. The molecule has 0 radical (unpaired) electrons. The second-order valence-corrected chi connectivity index (χ2v) is 7.66. The normalized spacial score (nSPS) is 10.3. The van der Waals surface area contributed by atoms with Crippen LogP contribution < -0.4 is 4.74 Å². The molecule has 1 aromatic carbocycles. The first kappa shape index (κ1) is 24.0. The third-order valence-corrected chi connectivity index (χ3v) is 5.43. The van der Waals surface area contributed by atoms with Gasteiger partial charge in [-0.15, -0.1) is 0 Å². The van der Waals surface area contributed by atoms with Gasteiger partial charge in [0.25, 0.3) is 0 Å². The number of carboxylic acid groups (broad SMARTS) is 1. The van der Waals surface area contributed by atoms with Gasteiger partial charge in [-0.1, -0.05) is 64.7 Å². The molecule has 1 aromatic rings. The second kappa shape index (κ2) is 15.3. The largest absolute Gasteiger partial charge is 0.494 e. The van der Waals surface area contributed by atoms with Crippen LogP contribution in [0.1, 0.15) is 81.5 Å². The average molecular weight is 466 g/mol. The van der Waals surface area contributed by atoms with Crippen LogP contribution in [0, 0.1) is 3.57 Å². The van der Waals surface area contributed by atoms with E-state index in [0.29, 0.717) is 15.9 Å². The molecule has 1 rings (SSSR count). The number of aromatic carboxylic acids is 1. The molecule has 3 N–H and O–H groups in total. The van der Waals surface area contributed by atoms with Gasteiger partial charge in [0.05, 0.1) is 15.7 Å². The second-order valence-electron chi connectivity index (χ2n) is 6.05. The van der Waals surface area contributed by atoms with Crippen LogP contribution in [0.2, 0.25) is 0 Å². The number of hydrogen-bond donors (Lipinski definition) is 1. The van der Waals surface area contributed by atoms with Crippen molar-refractivity contribution in [2.45, 2.75) is 71.1 Å². The van der Waals surface area contributed by atoms with E-state index in [0.717, 1.165) is 12.8 Å². The van der Waals surface area contributed by atoms with E-state index in [1.165, 1.54) is 57.4 Å². The highest BCUT2D eigenvalue weighted by Crippen LogP contribution is 2.22. The molecule has 0 atom stereocenters. The number of carbonyl (C=O) groups is 1. The van der Waals surface area contributed by atoms with E-state index in [4.69, 9.17) is 9.84 Å². The van der Waals surface area contributed by atoms with Gasteiger partial charge in [-0.2, -0.15) is 0 Å². The van der Waals surface area contributed by atoms with Gasteiger partial charge in [0.1, 0.15) is 5.75 Å². The molecule has 0 saturated carbocycles. The summed E-state index contributed by atoms with van der Waals surface area (Å²) in [5, 5.41) is 9.10. The molecule has 0 aliphatic carbocycles. The summed E-state index contributed by atoms with van der Waals surface area (Å²) in [6, 6.07) is 4.78. The minimum Gasteiger partial charge on any atom is -0.494 e. The van der Waals surface area contributed by atoms with Crippen molar-refractivity contribution in [2.75, 3.05) is 6.61 Å². The van der Waals surface area contributed by atoms with Crippen molar-refractivity contribution in [2.24, 2.45) is 0 Å². The highest BCUT2D eigenvalue weighted by molar-refractivity contribution is 14.1. The lowest BCUT2D eigenvalue weighted by Crippen LogP contribution is -2.02. The molecular weight excluding hydrogens is 435 g/mol. The van der Waals surface area contributed by atoms with Crippen molar-refractivity contribution < 1.29 is 23.2 Å². The highest BCUT2D eigenvalue weighted by atomic mass is 127. The molecule has 25 heavy (non-hydrogen) atoms. The Hall–Kier alpha value is -1.02. The lowest BCUT2D eigenvalue weighted by Gasteiger charge is -2.08. The molecular formula is C19H31IO5. The third-order valence-electron chi connectivity index (χ3n) is 4.02. The smallest absolute Gasteiger partial charge is 0.337 e. The molecule has 6 heteroatoms. The zero-order valence-electron chi connectivity index (χ0n) is 15.1. The summed E-state index contributed by atoms with van der Waals surface area (Å²) in [4.78, 5) is 11.1. The number of carboxylic acids is 1. The molecule has 0 amide bonds. The lowest BCUT2D eigenvalue weighted by atomic mass is 10.1. The molecule has 0 saturated heterocycles. The summed E-state index contributed by atoms with van der Waals surface area (Å²) in [5.41, 5.74) is 0.0957. The summed E-state index contributed by atoms with van der Waals surface area (Å²) >= 11 is -1.48. The van der Waals surface area contributed by atoms with Crippen LogP contribution in [0.4, 0.5) is 0 Å². The van der Waals surface area contributed by atoms with Crippen LogP contribution in [0.3, 0.4) is 0 Å². The van der Waals surface area contributed by atoms with E-state index in [2.05, 4.69) is 6.92 Å². The Kier molecular flexibility index (Phi) is 14.6. The van der Waals surface area contributed by atoms with Gasteiger partial charge in [-0.25, -0.2) is 4.79 Å². The van der Waals surface area contributed by atoms with E-state index >= 15 is 0 Å². The van der Waals surface area contributed by atoms with Crippen LogP contribution in [-0.4, -0.2) is 23.2 Å².